The quantitative estimate of drug-likeness (QED) is 0.610. The van der Waals surface area contributed by atoms with Crippen LogP contribution in [0.5, 0.6) is 17.2 Å². The smallest absolute Gasteiger partial charge is 0.254 e. The van der Waals surface area contributed by atoms with Gasteiger partial charge in [0.1, 0.15) is 17.2 Å². The van der Waals surface area contributed by atoms with E-state index in [1.54, 1.807) is 31.4 Å². The van der Waals surface area contributed by atoms with Crippen molar-refractivity contribution in [2.24, 2.45) is 7.05 Å². The molecule has 0 spiro atoms. The van der Waals surface area contributed by atoms with Gasteiger partial charge in [0, 0.05) is 36.1 Å². The van der Waals surface area contributed by atoms with E-state index < -0.39 is 0 Å². The molecule has 1 amide bonds. The molecule has 0 saturated heterocycles. The molecule has 0 bridgehead atoms. The molecule has 0 saturated carbocycles. The van der Waals surface area contributed by atoms with E-state index >= 15 is 0 Å². The van der Waals surface area contributed by atoms with E-state index in [0.29, 0.717) is 28.3 Å². The fraction of sp³-hybridized carbons (Fsp3) is 0.167. The van der Waals surface area contributed by atoms with Crippen LogP contribution in [0.3, 0.4) is 0 Å². The number of carbonyl (C=O) groups excluding carboxylic acids is 1. The highest BCUT2D eigenvalue weighted by Gasteiger charge is 2.17. The van der Waals surface area contributed by atoms with Crippen LogP contribution < -0.4 is 20.3 Å². The molecular weight excluding hydrogens is 380 g/mol. The number of hydrogen-bond acceptors (Lipinski definition) is 4. The Kier molecular flexibility index (Phi) is 6.06. The molecule has 0 aliphatic rings. The molecule has 1 heterocycles. The number of nitrogens with one attached hydrogen (secondary N) is 1. The lowest BCUT2D eigenvalue weighted by atomic mass is 10.0. The van der Waals surface area contributed by atoms with E-state index in [1.165, 1.54) is 23.8 Å². The van der Waals surface area contributed by atoms with Gasteiger partial charge in [-0.25, -0.2) is 0 Å². The Morgan fingerprint density at radius 1 is 1.07 bits per heavy atom. The number of aromatic nitrogens is 1. The van der Waals surface area contributed by atoms with Crippen LogP contribution in [0.15, 0.2) is 66.1 Å². The molecule has 3 rings (SSSR count). The summed E-state index contributed by atoms with van der Waals surface area (Å²) in [6.07, 6.45) is 2.89. The van der Waals surface area contributed by atoms with Gasteiger partial charge in [0.15, 0.2) is 0 Å². The summed E-state index contributed by atoms with van der Waals surface area (Å²) >= 11 is 0. The molecule has 2 aromatic carbocycles. The van der Waals surface area contributed by atoms with Crippen molar-refractivity contribution < 1.29 is 14.3 Å². The molecule has 154 valence electrons. The van der Waals surface area contributed by atoms with Gasteiger partial charge in [-0.3, -0.25) is 9.59 Å². The maximum absolute atomic E-state index is 12.1. The fourth-order valence-corrected chi connectivity index (χ4v) is 3.15. The molecule has 3 aromatic rings. The monoisotopic (exact) mass is 404 g/mol. The van der Waals surface area contributed by atoms with Crippen LogP contribution in [0.25, 0.3) is 11.1 Å². The minimum atomic E-state index is -0.322. The van der Waals surface area contributed by atoms with Crippen molar-refractivity contribution in [3.05, 3.63) is 82.8 Å². The average Bonchev–Trinajstić information content (AvgIpc) is 2.73. The molecule has 1 N–H and O–H groups in total. The molecule has 0 unspecified atom stereocenters. The predicted octanol–water partition coefficient (Wildman–Crippen LogP) is 4.59. The number of hydrogen-bond donors (Lipinski definition) is 1. The average molecular weight is 404 g/mol. The number of amides is 1. The summed E-state index contributed by atoms with van der Waals surface area (Å²) in [6.45, 7) is 7.44. The number of anilines is 1. The lowest BCUT2D eigenvalue weighted by molar-refractivity contribution is -0.111. The van der Waals surface area contributed by atoms with E-state index in [1.807, 2.05) is 32.0 Å². The Balaban J connectivity index is 2.21. The first-order valence-corrected chi connectivity index (χ1v) is 9.40. The standard InChI is InChI=1S/C24H24N2O4/c1-6-22(27)25-17-10-11-20(30-24-15(2)8-7-9-16(24)3)18(12-17)19-14-26(4)23(28)13-21(19)29-5/h6-14H,1H2,2-5H3,(H,25,27). The second-order valence-corrected chi connectivity index (χ2v) is 6.93. The summed E-state index contributed by atoms with van der Waals surface area (Å²) in [5.74, 6) is 1.42. The largest absolute Gasteiger partial charge is 0.496 e. The van der Waals surface area contributed by atoms with Crippen molar-refractivity contribution in [3.63, 3.8) is 0 Å². The highest BCUT2D eigenvalue weighted by atomic mass is 16.5. The van der Waals surface area contributed by atoms with Crippen LogP contribution in [0.4, 0.5) is 5.69 Å². The van der Waals surface area contributed by atoms with Crippen LogP contribution >= 0.6 is 0 Å². The molecule has 1 aromatic heterocycles. The normalized spacial score (nSPS) is 10.4. The van der Waals surface area contributed by atoms with Crippen molar-refractivity contribution in [1.82, 2.24) is 4.57 Å². The first-order valence-electron chi connectivity index (χ1n) is 9.40. The summed E-state index contributed by atoms with van der Waals surface area (Å²) in [5.41, 5.74) is 3.71. The van der Waals surface area contributed by atoms with Crippen molar-refractivity contribution in [1.29, 1.82) is 0 Å². The van der Waals surface area contributed by atoms with Crippen molar-refractivity contribution >= 4 is 11.6 Å². The van der Waals surface area contributed by atoms with Crippen LogP contribution in [0, 0.1) is 13.8 Å². The SMILES string of the molecule is C=CC(=O)Nc1ccc(Oc2c(C)cccc2C)c(-c2cn(C)c(=O)cc2OC)c1. The van der Waals surface area contributed by atoms with Crippen LogP contribution in [-0.4, -0.2) is 17.6 Å². The number of para-hydroxylation sites is 1. The van der Waals surface area contributed by atoms with Gasteiger partial charge in [-0.2, -0.15) is 0 Å². The highest BCUT2D eigenvalue weighted by Crippen LogP contribution is 2.40. The van der Waals surface area contributed by atoms with Crippen molar-refractivity contribution in [3.8, 4) is 28.4 Å². The van der Waals surface area contributed by atoms with Crippen molar-refractivity contribution in [2.75, 3.05) is 12.4 Å². The highest BCUT2D eigenvalue weighted by molar-refractivity contribution is 5.99. The Hall–Kier alpha value is -3.80. The minimum Gasteiger partial charge on any atom is -0.496 e. The number of carbonyl (C=O) groups is 1. The zero-order valence-corrected chi connectivity index (χ0v) is 17.5. The third-order valence-electron chi connectivity index (χ3n) is 4.75. The van der Waals surface area contributed by atoms with E-state index in [2.05, 4.69) is 11.9 Å². The third-order valence-corrected chi connectivity index (χ3v) is 4.75. The van der Waals surface area contributed by atoms with Gasteiger partial charge in [0.2, 0.25) is 5.91 Å². The maximum atomic E-state index is 12.1. The van der Waals surface area contributed by atoms with Crippen molar-refractivity contribution in [2.45, 2.75) is 13.8 Å². The lowest BCUT2D eigenvalue weighted by Gasteiger charge is -2.18. The summed E-state index contributed by atoms with van der Waals surface area (Å²) in [6, 6.07) is 12.7. The molecule has 0 aliphatic carbocycles. The number of aryl methyl sites for hydroxylation is 3. The molecule has 0 fully saturated rings. The summed E-state index contributed by atoms with van der Waals surface area (Å²) in [7, 11) is 3.17. The number of ether oxygens (including phenoxy) is 2. The van der Waals surface area contributed by atoms with E-state index in [-0.39, 0.29) is 11.5 Å². The van der Waals surface area contributed by atoms with Crippen LogP contribution in [0.1, 0.15) is 11.1 Å². The van der Waals surface area contributed by atoms with Crippen LogP contribution in [0.2, 0.25) is 0 Å². The molecule has 30 heavy (non-hydrogen) atoms. The maximum Gasteiger partial charge on any atom is 0.254 e. The number of pyridine rings is 1. The van der Waals surface area contributed by atoms with Gasteiger partial charge >= 0.3 is 0 Å². The third kappa shape index (κ3) is 4.27. The minimum absolute atomic E-state index is 0.191. The Labute approximate surface area is 175 Å². The van der Waals surface area contributed by atoms with Gasteiger partial charge in [-0.15, -0.1) is 0 Å². The summed E-state index contributed by atoms with van der Waals surface area (Å²) < 4.78 is 13.2. The second kappa shape index (κ2) is 8.69. The first kappa shape index (κ1) is 20.9. The second-order valence-electron chi connectivity index (χ2n) is 6.93. The van der Waals surface area contributed by atoms with Crippen LogP contribution in [-0.2, 0) is 11.8 Å². The molecule has 0 aliphatic heterocycles. The number of rotatable bonds is 6. The lowest BCUT2D eigenvalue weighted by Crippen LogP contribution is -2.15. The van der Waals surface area contributed by atoms with E-state index in [0.717, 1.165) is 16.9 Å². The van der Waals surface area contributed by atoms with Gasteiger partial charge in [0.25, 0.3) is 5.56 Å². The summed E-state index contributed by atoms with van der Waals surface area (Å²) in [5, 5.41) is 2.76. The molecule has 0 radical (unpaired) electrons. The van der Waals surface area contributed by atoms with Gasteiger partial charge in [-0.05, 0) is 49.2 Å². The fourth-order valence-electron chi connectivity index (χ4n) is 3.15. The topological polar surface area (TPSA) is 69.6 Å². The Bertz CT molecular complexity index is 1160. The predicted molar refractivity (Wildman–Crippen MR) is 118 cm³/mol. The van der Waals surface area contributed by atoms with E-state index in [9.17, 15) is 9.59 Å². The molecule has 6 heteroatoms. The summed E-state index contributed by atoms with van der Waals surface area (Å²) in [4.78, 5) is 23.9. The molecular formula is C24H24N2O4. The number of methoxy groups -OCH3 is 1. The van der Waals surface area contributed by atoms with Gasteiger partial charge < -0.3 is 19.4 Å². The van der Waals surface area contributed by atoms with E-state index in [4.69, 9.17) is 9.47 Å². The van der Waals surface area contributed by atoms with Gasteiger partial charge in [0.05, 0.1) is 7.11 Å². The first-order chi connectivity index (χ1) is 14.3. The molecule has 0 atom stereocenters. The van der Waals surface area contributed by atoms with Gasteiger partial charge in [-0.1, -0.05) is 24.8 Å². The zero-order valence-electron chi connectivity index (χ0n) is 17.5. The number of nitrogens with zero attached hydrogens (tertiary/aromatic N) is 1. The Morgan fingerprint density at radius 2 is 1.77 bits per heavy atom. The Morgan fingerprint density at radius 3 is 2.40 bits per heavy atom. The number of benzene rings is 2. The molecule has 6 nitrogen and oxygen atoms in total. The zero-order chi connectivity index (χ0) is 21.8.